The predicted octanol–water partition coefficient (Wildman–Crippen LogP) is 3.56. The van der Waals surface area contributed by atoms with E-state index in [1.807, 2.05) is 0 Å². The quantitative estimate of drug-likeness (QED) is 0.511. The van der Waals surface area contributed by atoms with E-state index >= 15 is 0 Å². The summed E-state index contributed by atoms with van der Waals surface area (Å²) in [5.41, 5.74) is 1.33. The van der Waals surface area contributed by atoms with Gasteiger partial charge in [-0.25, -0.2) is 4.57 Å². The molecular weight excluding hydrogens is 260 g/mol. The van der Waals surface area contributed by atoms with Crippen LogP contribution < -0.4 is 9.47 Å². The third-order valence-corrected chi connectivity index (χ3v) is 4.27. The van der Waals surface area contributed by atoms with E-state index in [4.69, 9.17) is 4.74 Å². The first-order chi connectivity index (χ1) is 10.4. The Morgan fingerprint density at radius 1 is 0.952 bits per heavy atom. The molecule has 0 radical (unpaired) electrons. The van der Waals surface area contributed by atoms with Crippen molar-refractivity contribution in [2.45, 2.75) is 58.4 Å². The molecule has 2 heterocycles. The zero-order valence-corrected chi connectivity index (χ0v) is 13.6. The maximum Gasteiger partial charge on any atom is 0.170 e. The number of ether oxygens (including phenoxy) is 1. The van der Waals surface area contributed by atoms with Crippen LogP contribution in [0.3, 0.4) is 0 Å². The average Bonchev–Trinajstić information content (AvgIpc) is 2.55. The summed E-state index contributed by atoms with van der Waals surface area (Å²) in [5, 5.41) is 0. The van der Waals surface area contributed by atoms with E-state index in [0.29, 0.717) is 0 Å². The molecule has 0 bridgehead atoms. The number of aromatic nitrogens is 1. The van der Waals surface area contributed by atoms with Crippen molar-refractivity contribution >= 4 is 5.69 Å². The summed E-state index contributed by atoms with van der Waals surface area (Å²) < 4.78 is 7.71. The summed E-state index contributed by atoms with van der Waals surface area (Å²) in [5.74, 6) is 0. The van der Waals surface area contributed by atoms with Gasteiger partial charge in [0.15, 0.2) is 12.4 Å². The summed E-state index contributed by atoms with van der Waals surface area (Å²) in [6.45, 7) is 7.16. The minimum absolute atomic E-state index is 0.854. The Bertz CT molecular complexity index is 371. The maximum atomic E-state index is 5.40. The summed E-state index contributed by atoms with van der Waals surface area (Å²) in [6.07, 6.45) is 14.1. The number of morpholine rings is 1. The molecule has 1 aliphatic rings. The average molecular weight is 291 g/mol. The molecule has 0 amide bonds. The lowest BCUT2D eigenvalue weighted by Crippen LogP contribution is -2.38. The standard InChI is InChI=1S/C18H31N2O/c1-2-3-4-5-6-7-8-11-19-12-9-18(10-13-19)20-14-16-21-17-15-20/h9-10,12-13H,2-8,11,14-17H2,1H3/q+1. The van der Waals surface area contributed by atoms with Crippen LogP contribution in [-0.4, -0.2) is 26.3 Å². The van der Waals surface area contributed by atoms with Crippen molar-refractivity contribution in [3.05, 3.63) is 24.5 Å². The van der Waals surface area contributed by atoms with Gasteiger partial charge < -0.3 is 9.64 Å². The van der Waals surface area contributed by atoms with Crippen LogP contribution in [0.4, 0.5) is 5.69 Å². The number of pyridine rings is 1. The van der Waals surface area contributed by atoms with Crippen molar-refractivity contribution in [1.29, 1.82) is 0 Å². The lowest BCUT2D eigenvalue weighted by Gasteiger charge is -2.28. The fourth-order valence-corrected chi connectivity index (χ4v) is 2.88. The van der Waals surface area contributed by atoms with Crippen LogP contribution in [0.1, 0.15) is 51.9 Å². The van der Waals surface area contributed by atoms with E-state index in [2.05, 4.69) is 40.9 Å². The second-order valence-corrected chi connectivity index (χ2v) is 6.01. The second-order valence-electron chi connectivity index (χ2n) is 6.01. The van der Waals surface area contributed by atoms with Crippen molar-refractivity contribution in [3.63, 3.8) is 0 Å². The van der Waals surface area contributed by atoms with Crippen molar-refractivity contribution < 1.29 is 9.30 Å². The highest BCUT2D eigenvalue weighted by Gasteiger charge is 2.12. The van der Waals surface area contributed by atoms with Gasteiger partial charge in [-0.1, -0.05) is 39.0 Å². The van der Waals surface area contributed by atoms with E-state index in [1.54, 1.807) is 0 Å². The van der Waals surface area contributed by atoms with Gasteiger partial charge in [-0.3, -0.25) is 0 Å². The largest absolute Gasteiger partial charge is 0.378 e. The normalized spacial score (nSPS) is 15.4. The molecule has 1 saturated heterocycles. The van der Waals surface area contributed by atoms with Crippen molar-refractivity contribution in [1.82, 2.24) is 0 Å². The topological polar surface area (TPSA) is 16.4 Å². The Balaban J connectivity index is 1.63. The van der Waals surface area contributed by atoms with Crippen LogP contribution in [0.2, 0.25) is 0 Å². The zero-order chi connectivity index (χ0) is 14.8. The first kappa shape index (κ1) is 16.3. The fraction of sp³-hybridized carbons (Fsp3) is 0.722. The summed E-state index contributed by atoms with van der Waals surface area (Å²) in [7, 11) is 0. The molecule has 3 nitrogen and oxygen atoms in total. The van der Waals surface area contributed by atoms with Crippen LogP contribution in [0.25, 0.3) is 0 Å². The minimum Gasteiger partial charge on any atom is -0.378 e. The number of hydrogen-bond acceptors (Lipinski definition) is 2. The maximum absolute atomic E-state index is 5.40. The van der Waals surface area contributed by atoms with Gasteiger partial charge in [-0.2, -0.15) is 0 Å². The van der Waals surface area contributed by atoms with Crippen LogP contribution in [0.15, 0.2) is 24.5 Å². The Kier molecular flexibility index (Phi) is 7.58. The van der Waals surface area contributed by atoms with Crippen molar-refractivity contribution in [3.8, 4) is 0 Å². The molecular formula is C18H31N2O+. The Labute approximate surface area is 129 Å². The predicted molar refractivity (Wildman–Crippen MR) is 87.7 cm³/mol. The van der Waals surface area contributed by atoms with Gasteiger partial charge in [-0.05, 0) is 6.42 Å². The molecule has 0 spiro atoms. The SMILES string of the molecule is CCCCCCCCC[n+]1ccc(N2CCOCC2)cc1. The van der Waals surface area contributed by atoms with Gasteiger partial charge in [0.25, 0.3) is 0 Å². The number of rotatable bonds is 9. The Hall–Kier alpha value is -1.09. The molecule has 1 aromatic rings. The van der Waals surface area contributed by atoms with Gasteiger partial charge in [0, 0.05) is 37.3 Å². The van der Waals surface area contributed by atoms with Crippen LogP contribution in [0.5, 0.6) is 0 Å². The third-order valence-electron chi connectivity index (χ3n) is 4.27. The number of aryl methyl sites for hydroxylation is 1. The van der Waals surface area contributed by atoms with Gasteiger partial charge >= 0.3 is 0 Å². The molecule has 0 aliphatic carbocycles. The molecule has 1 aliphatic heterocycles. The second kappa shape index (κ2) is 9.78. The van der Waals surface area contributed by atoms with Crippen LogP contribution in [-0.2, 0) is 11.3 Å². The molecule has 2 rings (SSSR count). The smallest absolute Gasteiger partial charge is 0.170 e. The highest BCUT2D eigenvalue weighted by atomic mass is 16.5. The molecule has 0 atom stereocenters. The van der Waals surface area contributed by atoms with Gasteiger partial charge in [0.1, 0.15) is 6.54 Å². The lowest BCUT2D eigenvalue weighted by atomic mass is 10.1. The van der Waals surface area contributed by atoms with Gasteiger partial charge in [0.05, 0.1) is 13.2 Å². The highest BCUT2D eigenvalue weighted by Crippen LogP contribution is 2.13. The molecule has 0 N–H and O–H groups in total. The van der Waals surface area contributed by atoms with Crippen molar-refractivity contribution in [2.24, 2.45) is 0 Å². The first-order valence-electron chi connectivity index (χ1n) is 8.72. The molecule has 0 unspecified atom stereocenters. The number of anilines is 1. The van der Waals surface area contributed by atoms with E-state index in [0.717, 1.165) is 32.8 Å². The van der Waals surface area contributed by atoms with E-state index < -0.39 is 0 Å². The monoisotopic (exact) mass is 291 g/mol. The minimum atomic E-state index is 0.854. The molecule has 118 valence electrons. The van der Waals surface area contributed by atoms with Crippen molar-refractivity contribution in [2.75, 3.05) is 31.2 Å². The molecule has 3 heteroatoms. The summed E-state index contributed by atoms with van der Waals surface area (Å²) in [4.78, 5) is 2.40. The Morgan fingerprint density at radius 3 is 2.24 bits per heavy atom. The van der Waals surface area contributed by atoms with Gasteiger partial charge in [0.2, 0.25) is 0 Å². The van der Waals surface area contributed by atoms with E-state index in [-0.39, 0.29) is 0 Å². The number of hydrogen-bond donors (Lipinski definition) is 0. The third kappa shape index (κ3) is 6.04. The molecule has 0 saturated carbocycles. The van der Waals surface area contributed by atoms with Crippen LogP contribution in [0, 0.1) is 0 Å². The first-order valence-corrected chi connectivity index (χ1v) is 8.72. The molecule has 0 aromatic carbocycles. The zero-order valence-electron chi connectivity index (χ0n) is 13.6. The lowest BCUT2D eigenvalue weighted by molar-refractivity contribution is -0.697. The molecule has 1 aromatic heterocycles. The highest BCUT2D eigenvalue weighted by molar-refractivity contribution is 5.43. The van der Waals surface area contributed by atoms with E-state index in [9.17, 15) is 0 Å². The summed E-state index contributed by atoms with van der Waals surface area (Å²) >= 11 is 0. The van der Waals surface area contributed by atoms with E-state index in [1.165, 1.54) is 50.6 Å². The molecule has 21 heavy (non-hydrogen) atoms. The van der Waals surface area contributed by atoms with Gasteiger partial charge in [-0.15, -0.1) is 0 Å². The molecule has 1 fully saturated rings. The summed E-state index contributed by atoms with van der Waals surface area (Å²) in [6, 6.07) is 4.49. The number of unbranched alkanes of at least 4 members (excludes halogenated alkanes) is 6. The Morgan fingerprint density at radius 2 is 1.57 bits per heavy atom. The van der Waals surface area contributed by atoms with Crippen LogP contribution >= 0.6 is 0 Å². The number of nitrogens with zero attached hydrogens (tertiary/aromatic N) is 2. The fourth-order valence-electron chi connectivity index (χ4n) is 2.88.